The minimum Gasteiger partial charge on any atom is -0.491 e. The summed E-state index contributed by atoms with van der Waals surface area (Å²) >= 11 is 0. The smallest absolute Gasteiger partial charge is 0.167 e. The van der Waals surface area contributed by atoms with Crippen molar-refractivity contribution >= 4 is 5.78 Å². The summed E-state index contributed by atoms with van der Waals surface area (Å²) in [5, 5.41) is 0. The number of hydrogen-bond acceptors (Lipinski definition) is 2. The Morgan fingerprint density at radius 1 is 1.05 bits per heavy atom. The molecule has 0 unspecified atom stereocenters. The second kappa shape index (κ2) is 6.38. The van der Waals surface area contributed by atoms with Gasteiger partial charge in [0.2, 0.25) is 0 Å². The molecule has 2 aromatic rings. The molecule has 2 aromatic carbocycles. The van der Waals surface area contributed by atoms with E-state index in [-0.39, 0.29) is 11.9 Å². The van der Waals surface area contributed by atoms with E-state index in [4.69, 9.17) is 4.74 Å². The highest BCUT2D eigenvalue weighted by atomic mass is 16.5. The molecule has 2 rings (SSSR count). The van der Waals surface area contributed by atoms with E-state index in [1.54, 1.807) is 0 Å². The molecule has 104 valence electrons. The van der Waals surface area contributed by atoms with Crippen molar-refractivity contribution in [1.29, 1.82) is 0 Å². The predicted octanol–water partition coefficient (Wildman–Crippen LogP) is 4.21. The van der Waals surface area contributed by atoms with Crippen LogP contribution in [0.25, 0.3) is 0 Å². The molecule has 2 nitrogen and oxygen atoms in total. The summed E-state index contributed by atoms with van der Waals surface area (Å²) in [7, 11) is 0. The largest absolute Gasteiger partial charge is 0.491 e. The fraction of sp³-hybridized carbons (Fsp3) is 0.278. The molecule has 0 fully saturated rings. The van der Waals surface area contributed by atoms with Gasteiger partial charge in [-0.15, -0.1) is 0 Å². The van der Waals surface area contributed by atoms with Crippen molar-refractivity contribution < 1.29 is 9.53 Å². The van der Waals surface area contributed by atoms with Crippen molar-refractivity contribution in [1.82, 2.24) is 0 Å². The summed E-state index contributed by atoms with van der Waals surface area (Å²) in [6.45, 7) is 6.00. The van der Waals surface area contributed by atoms with Gasteiger partial charge in [0.15, 0.2) is 5.78 Å². The molecule has 0 radical (unpaired) electrons. The Labute approximate surface area is 120 Å². The van der Waals surface area contributed by atoms with Gasteiger partial charge in [-0.3, -0.25) is 4.79 Å². The first-order valence-electron chi connectivity index (χ1n) is 6.90. The van der Waals surface area contributed by atoms with Gasteiger partial charge in [0, 0.05) is 12.0 Å². The number of hydrogen-bond donors (Lipinski definition) is 0. The zero-order valence-electron chi connectivity index (χ0n) is 12.2. The van der Waals surface area contributed by atoms with Gasteiger partial charge in [-0.1, -0.05) is 24.3 Å². The molecule has 0 saturated carbocycles. The van der Waals surface area contributed by atoms with Crippen LogP contribution >= 0.6 is 0 Å². The van der Waals surface area contributed by atoms with Crippen LogP contribution in [-0.4, -0.2) is 11.9 Å². The highest BCUT2D eigenvalue weighted by Gasteiger charge is 2.09. The third-order valence-corrected chi connectivity index (χ3v) is 3.16. The average Bonchev–Trinajstić information content (AvgIpc) is 2.41. The zero-order chi connectivity index (χ0) is 14.5. The molecule has 0 spiro atoms. The second-order valence-corrected chi connectivity index (χ2v) is 5.22. The van der Waals surface area contributed by atoms with Crippen LogP contribution in [0.5, 0.6) is 5.75 Å². The molecule has 0 aliphatic heterocycles. The van der Waals surface area contributed by atoms with E-state index in [9.17, 15) is 4.79 Å². The predicted molar refractivity (Wildman–Crippen MR) is 81.4 cm³/mol. The first-order chi connectivity index (χ1) is 9.56. The summed E-state index contributed by atoms with van der Waals surface area (Å²) < 4.78 is 5.58. The highest BCUT2D eigenvalue weighted by Crippen LogP contribution is 2.16. The molecular formula is C18H20O2. The molecule has 0 aromatic heterocycles. The Hall–Kier alpha value is -2.09. The first-order valence-corrected chi connectivity index (χ1v) is 6.90. The standard InChI is InChI=1S/C18H20O2/c1-13(2)20-17-10-8-15(9-11-17)18(19)12-16-7-5-4-6-14(16)3/h4-11,13H,12H2,1-3H3. The van der Waals surface area contributed by atoms with Crippen LogP contribution in [0.15, 0.2) is 48.5 Å². The van der Waals surface area contributed by atoms with Crippen LogP contribution in [0.1, 0.15) is 35.3 Å². The monoisotopic (exact) mass is 268 g/mol. The van der Waals surface area contributed by atoms with Gasteiger partial charge in [0.25, 0.3) is 0 Å². The van der Waals surface area contributed by atoms with E-state index < -0.39 is 0 Å². The second-order valence-electron chi connectivity index (χ2n) is 5.22. The average molecular weight is 268 g/mol. The van der Waals surface area contributed by atoms with Gasteiger partial charge in [0.05, 0.1) is 6.10 Å². The normalized spacial score (nSPS) is 10.6. The molecule has 0 N–H and O–H groups in total. The van der Waals surface area contributed by atoms with Crippen molar-refractivity contribution in [2.24, 2.45) is 0 Å². The van der Waals surface area contributed by atoms with Crippen LogP contribution in [0.3, 0.4) is 0 Å². The number of benzene rings is 2. The van der Waals surface area contributed by atoms with Gasteiger partial charge in [0.1, 0.15) is 5.75 Å². The number of Topliss-reactive ketones (excluding diaryl/α,β-unsaturated/α-hetero) is 1. The summed E-state index contributed by atoms with van der Waals surface area (Å²) in [5.74, 6) is 0.933. The Balaban J connectivity index is 2.08. The fourth-order valence-corrected chi connectivity index (χ4v) is 2.08. The maximum atomic E-state index is 12.3. The molecule has 2 heteroatoms. The Kier molecular flexibility index (Phi) is 4.57. The summed E-state index contributed by atoms with van der Waals surface area (Å²) in [6.07, 6.45) is 0.584. The minimum absolute atomic E-state index is 0.135. The Morgan fingerprint density at radius 2 is 1.70 bits per heavy atom. The number of rotatable bonds is 5. The lowest BCUT2D eigenvalue weighted by molar-refractivity contribution is 0.0992. The maximum absolute atomic E-state index is 12.3. The van der Waals surface area contributed by atoms with Crippen LogP contribution in [0, 0.1) is 6.92 Å². The fourth-order valence-electron chi connectivity index (χ4n) is 2.08. The van der Waals surface area contributed by atoms with Gasteiger partial charge in [-0.05, 0) is 56.2 Å². The maximum Gasteiger partial charge on any atom is 0.167 e. The third-order valence-electron chi connectivity index (χ3n) is 3.16. The molecule has 20 heavy (non-hydrogen) atoms. The minimum atomic E-state index is 0.135. The van der Waals surface area contributed by atoms with Gasteiger partial charge >= 0.3 is 0 Å². The SMILES string of the molecule is Cc1ccccc1CC(=O)c1ccc(OC(C)C)cc1. The first kappa shape index (κ1) is 14.3. The van der Waals surface area contributed by atoms with Crippen molar-refractivity contribution in [2.45, 2.75) is 33.3 Å². The van der Waals surface area contributed by atoms with Crippen LogP contribution in [0.4, 0.5) is 0 Å². The van der Waals surface area contributed by atoms with Crippen molar-refractivity contribution in [3.8, 4) is 5.75 Å². The van der Waals surface area contributed by atoms with Gasteiger partial charge in [-0.2, -0.15) is 0 Å². The van der Waals surface area contributed by atoms with Crippen LogP contribution in [-0.2, 0) is 6.42 Å². The molecule has 0 bridgehead atoms. The van der Waals surface area contributed by atoms with Crippen LogP contribution in [0.2, 0.25) is 0 Å². The van der Waals surface area contributed by atoms with E-state index in [0.717, 1.165) is 22.4 Å². The molecule has 0 atom stereocenters. The molecule has 0 aliphatic rings. The molecule has 0 aliphatic carbocycles. The highest BCUT2D eigenvalue weighted by molar-refractivity contribution is 5.97. The topological polar surface area (TPSA) is 26.3 Å². The number of ketones is 1. The lowest BCUT2D eigenvalue weighted by atomic mass is 9.99. The number of aryl methyl sites for hydroxylation is 1. The lowest BCUT2D eigenvalue weighted by Crippen LogP contribution is -2.07. The van der Waals surface area contributed by atoms with E-state index in [0.29, 0.717) is 6.42 Å². The van der Waals surface area contributed by atoms with Crippen molar-refractivity contribution in [3.63, 3.8) is 0 Å². The number of carbonyl (C=O) groups is 1. The molecular weight excluding hydrogens is 248 g/mol. The third kappa shape index (κ3) is 3.70. The van der Waals surface area contributed by atoms with Crippen LogP contribution < -0.4 is 4.74 Å². The van der Waals surface area contributed by atoms with E-state index in [1.807, 2.05) is 69.3 Å². The van der Waals surface area contributed by atoms with E-state index >= 15 is 0 Å². The zero-order valence-corrected chi connectivity index (χ0v) is 12.2. The number of ether oxygens (including phenoxy) is 1. The summed E-state index contributed by atoms with van der Waals surface area (Å²) in [5.41, 5.74) is 2.96. The van der Waals surface area contributed by atoms with Gasteiger partial charge < -0.3 is 4.74 Å². The molecule has 0 amide bonds. The summed E-state index contributed by atoms with van der Waals surface area (Å²) in [4.78, 5) is 12.3. The van der Waals surface area contributed by atoms with Crippen molar-refractivity contribution in [3.05, 3.63) is 65.2 Å². The quantitative estimate of drug-likeness (QED) is 0.759. The lowest BCUT2D eigenvalue weighted by Gasteiger charge is -2.10. The van der Waals surface area contributed by atoms with Gasteiger partial charge in [-0.25, -0.2) is 0 Å². The molecule has 0 heterocycles. The Bertz CT molecular complexity index is 583. The number of carbonyl (C=O) groups excluding carboxylic acids is 1. The Morgan fingerprint density at radius 3 is 2.30 bits per heavy atom. The molecule has 0 saturated heterocycles. The van der Waals surface area contributed by atoms with Crippen molar-refractivity contribution in [2.75, 3.05) is 0 Å². The van der Waals surface area contributed by atoms with E-state index in [1.165, 1.54) is 0 Å². The summed E-state index contributed by atoms with van der Waals surface area (Å²) in [6, 6.07) is 15.4. The van der Waals surface area contributed by atoms with E-state index in [2.05, 4.69) is 0 Å².